The molecule has 50 heavy (non-hydrogen) atoms. The third-order valence-electron chi connectivity index (χ3n) is 7.53. The van der Waals surface area contributed by atoms with Crippen molar-refractivity contribution in [3.05, 3.63) is 130 Å². The smallest absolute Gasteiger partial charge is 0.278 e. The molecule has 0 radical (unpaired) electrons. The zero-order valence-electron chi connectivity index (χ0n) is 26.0. The first-order valence-corrected chi connectivity index (χ1v) is 15.9. The van der Waals surface area contributed by atoms with Crippen molar-refractivity contribution in [1.82, 2.24) is 20.2 Å². The van der Waals surface area contributed by atoms with Crippen LogP contribution in [0.1, 0.15) is 16.7 Å². The normalized spacial score (nSPS) is 11.1. The number of nitro groups is 1. The molecule has 0 fully saturated rings. The maximum atomic E-state index is 16.4. The number of benzene rings is 3. The number of H-pyrrole nitrogens is 1. The number of nitrogens with one attached hydrogen (secondary N) is 1. The van der Waals surface area contributed by atoms with Crippen LogP contribution in [0.2, 0.25) is 0 Å². The molecule has 0 atom stereocenters. The Kier molecular flexibility index (Phi) is 9.07. The van der Waals surface area contributed by atoms with E-state index in [0.717, 1.165) is 24.4 Å². The Balaban J connectivity index is 1.47. The van der Waals surface area contributed by atoms with Gasteiger partial charge in [0.2, 0.25) is 0 Å². The van der Waals surface area contributed by atoms with E-state index in [9.17, 15) is 22.9 Å². The van der Waals surface area contributed by atoms with Gasteiger partial charge >= 0.3 is 0 Å². The van der Waals surface area contributed by atoms with Crippen LogP contribution in [0.5, 0.6) is 11.5 Å². The maximum absolute atomic E-state index is 16.4. The van der Waals surface area contributed by atoms with Crippen molar-refractivity contribution >= 4 is 32.4 Å². The number of pyridine rings is 2. The van der Waals surface area contributed by atoms with E-state index in [2.05, 4.69) is 32.0 Å². The van der Waals surface area contributed by atoms with Crippen LogP contribution in [0.15, 0.2) is 90.2 Å². The molecule has 3 heterocycles. The highest BCUT2D eigenvalue weighted by Gasteiger charge is 2.32. The lowest BCUT2D eigenvalue weighted by molar-refractivity contribution is -0.385. The largest absolute Gasteiger partial charge is 0.493 e. The van der Waals surface area contributed by atoms with Gasteiger partial charge in [-0.05, 0) is 60.7 Å². The molecule has 0 aliphatic rings. The van der Waals surface area contributed by atoms with E-state index in [0.29, 0.717) is 26.6 Å². The fraction of sp³-hybridized carbons (Fsp3) is 0.0882. The molecule has 0 saturated carbocycles. The van der Waals surface area contributed by atoms with Crippen molar-refractivity contribution < 1.29 is 36.0 Å². The molecule has 0 amide bonds. The molecule has 0 spiro atoms. The van der Waals surface area contributed by atoms with Gasteiger partial charge < -0.3 is 9.47 Å². The number of aromatic nitrogens is 4. The van der Waals surface area contributed by atoms with Gasteiger partial charge in [-0.3, -0.25) is 24.5 Å². The summed E-state index contributed by atoms with van der Waals surface area (Å²) in [6.07, 6.45) is 3.68. The molecule has 1 N–H and O–H groups in total. The monoisotopic (exact) mass is 700 g/mol. The Bertz CT molecular complexity index is 2430. The van der Waals surface area contributed by atoms with Crippen molar-refractivity contribution in [3.8, 4) is 34.6 Å². The number of ether oxygens (including phenoxy) is 2. The molecule has 0 bridgehead atoms. The number of nitrogens with zero attached hydrogens (tertiary/aromatic N) is 5. The molecule has 12 nitrogen and oxygen atoms in total. The van der Waals surface area contributed by atoms with Crippen molar-refractivity contribution in [2.45, 2.75) is 11.4 Å². The molecule has 6 aromatic rings. The number of fused-ring (bicyclic) bond motifs is 1. The molecular weight excluding hydrogens is 677 g/mol. The van der Waals surface area contributed by atoms with Crippen LogP contribution in [0.3, 0.4) is 0 Å². The summed E-state index contributed by atoms with van der Waals surface area (Å²) in [4.78, 5) is 19.0. The number of hydrogen-bond acceptors (Lipinski definition) is 9. The Hall–Kier alpha value is -6.47. The zero-order valence-corrected chi connectivity index (χ0v) is 26.8. The Morgan fingerprint density at radius 2 is 1.70 bits per heavy atom. The van der Waals surface area contributed by atoms with Gasteiger partial charge in [0.05, 0.1) is 54.3 Å². The standard InChI is InChI=1S/C34H23F3N6O6S/c1-48-30-15-22(29(43(44)45)16-31(30)49-2)19-42(50(46,47)24-4-3-13-38-18-24)28-12-11-27(36)25(32(28)37)10-5-20-14-26-33(40-41-34(26)39-17-20)21-6-8-23(35)9-7-21/h3-4,6-9,11-18H,19H2,1-2H3,(H,39,40,41). The summed E-state index contributed by atoms with van der Waals surface area (Å²) < 4.78 is 84.1. The lowest BCUT2D eigenvalue weighted by Crippen LogP contribution is -2.32. The second-order valence-corrected chi connectivity index (χ2v) is 12.4. The average Bonchev–Trinajstić information content (AvgIpc) is 3.54. The predicted octanol–water partition coefficient (Wildman–Crippen LogP) is 6.16. The first-order chi connectivity index (χ1) is 24.0. The minimum atomic E-state index is -4.68. The Morgan fingerprint density at radius 3 is 2.38 bits per heavy atom. The van der Waals surface area contributed by atoms with Crippen molar-refractivity contribution in [2.24, 2.45) is 0 Å². The van der Waals surface area contributed by atoms with E-state index >= 15 is 8.78 Å². The maximum Gasteiger partial charge on any atom is 0.278 e. The van der Waals surface area contributed by atoms with Gasteiger partial charge in [-0.1, -0.05) is 11.8 Å². The topological polar surface area (TPSA) is 153 Å². The van der Waals surface area contributed by atoms with Crippen LogP contribution < -0.4 is 13.8 Å². The Morgan fingerprint density at radius 1 is 0.960 bits per heavy atom. The molecule has 6 rings (SSSR count). The number of nitro benzene ring substituents is 1. The SMILES string of the molecule is COc1cc(CN(c2ccc(F)c(C#Cc3cnc4n[nH]c(-c5ccc(F)cc5)c4c3)c2F)S(=O)(=O)c2cccnc2)c([N+](=O)[O-])cc1OC. The highest BCUT2D eigenvalue weighted by molar-refractivity contribution is 7.92. The lowest BCUT2D eigenvalue weighted by atomic mass is 10.1. The quantitative estimate of drug-likeness (QED) is 0.106. The van der Waals surface area contributed by atoms with Crippen LogP contribution in [0.25, 0.3) is 22.3 Å². The van der Waals surface area contributed by atoms with Crippen LogP contribution >= 0.6 is 0 Å². The second kappa shape index (κ2) is 13.6. The van der Waals surface area contributed by atoms with Crippen molar-refractivity contribution in [2.75, 3.05) is 18.5 Å². The highest BCUT2D eigenvalue weighted by Crippen LogP contribution is 2.38. The van der Waals surface area contributed by atoms with E-state index in [1.54, 1.807) is 18.2 Å². The van der Waals surface area contributed by atoms with Gasteiger partial charge in [0.15, 0.2) is 23.0 Å². The van der Waals surface area contributed by atoms with Gasteiger partial charge in [0.25, 0.3) is 15.7 Å². The fourth-order valence-electron chi connectivity index (χ4n) is 5.08. The third-order valence-corrected chi connectivity index (χ3v) is 9.27. The van der Waals surface area contributed by atoms with E-state index in [1.165, 1.54) is 56.9 Å². The van der Waals surface area contributed by atoms with Gasteiger partial charge in [-0.25, -0.2) is 26.6 Å². The number of anilines is 1. The number of hydrogen-bond donors (Lipinski definition) is 1. The number of aromatic amines is 1. The molecule has 0 saturated heterocycles. The van der Waals surface area contributed by atoms with Gasteiger partial charge in [-0.2, -0.15) is 5.10 Å². The number of halogens is 3. The first kappa shape index (κ1) is 33.4. The molecule has 252 valence electrons. The summed E-state index contributed by atoms with van der Waals surface area (Å²) in [5, 5.41) is 19.5. The highest BCUT2D eigenvalue weighted by atomic mass is 32.2. The average molecular weight is 701 g/mol. The van der Waals surface area contributed by atoms with Crippen LogP contribution in [0, 0.1) is 39.4 Å². The van der Waals surface area contributed by atoms with Gasteiger partial charge in [-0.15, -0.1) is 0 Å². The minimum Gasteiger partial charge on any atom is -0.493 e. The Labute approximate surface area is 282 Å². The summed E-state index contributed by atoms with van der Waals surface area (Å²) in [5.74, 6) is 2.27. The first-order valence-electron chi connectivity index (χ1n) is 14.4. The number of methoxy groups -OCH3 is 2. The summed E-state index contributed by atoms with van der Waals surface area (Å²) in [6, 6.07) is 13.7. The molecule has 0 aliphatic heterocycles. The minimum absolute atomic E-state index is 0.00280. The van der Waals surface area contributed by atoms with Crippen LogP contribution in [-0.4, -0.2) is 47.7 Å². The van der Waals surface area contributed by atoms with E-state index in [4.69, 9.17) is 9.47 Å². The van der Waals surface area contributed by atoms with Crippen LogP contribution in [0.4, 0.5) is 24.5 Å². The molecule has 16 heteroatoms. The molecule has 0 unspecified atom stereocenters. The lowest BCUT2D eigenvalue weighted by Gasteiger charge is -2.25. The third kappa shape index (κ3) is 6.36. The number of rotatable bonds is 9. The van der Waals surface area contributed by atoms with E-state index in [-0.39, 0.29) is 27.5 Å². The zero-order chi connectivity index (χ0) is 35.6. The molecular formula is C34H23F3N6O6S. The summed E-state index contributed by atoms with van der Waals surface area (Å²) >= 11 is 0. The molecule has 3 aromatic heterocycles. The molecule has 0 aliphatic carbocycles. The number of sulfonamides is 1. The summed E-state index contributed by atoms with van der Waals surface area (Å²) in [6.45, 7) is -0.781. The second-order valence-electron chi connectivity index (χ2n) is 10.5. The summed E-state index contributed by atoms with van der Waals surface area (Å²) in [7, 11) is -2.13. The fourth-order valence-corrected chi connectivity index (χ4v) is 6.48. The van der Waals surface area contributed by atoms with Crippen LogP contribution in [-0.2, 0) is 16.6 Å². The molecule has 3 aromatic carbocycles. The van der Waals surface area contributed by atoms with E-state index in [1.807, 2.05) is 0 Å². The van der Waals surface area contributed by atoms with E-state index < -0.39 is 55.9 Å². The van der Waals surface area contributed by atoms with Crippen molar-refractivity contribution in [1.29, 1.82) is 0 Å². The predicted molar refractivity (Wildman–Crippen MR) is 175 cm³/mol. The summed E-state index contributed by atoms with van der Waals surface area (Å²) in [5.41, 5.74) is -0.493. The van der Waals surface area contributed by atoms with Gasteiger partial charge in [0, 0.05) is 35.1 Å². The van der Waals surface area contributed by atoms with Crippen molar-refractivity contribution in [3.63, 3.8) is 0 Å². The van der Waals surface area contributed by atoms with Gasteiger partial charge in [0.1, 0.15) is 16.5 Å².